The number of fused-ring (bicyclic) bond motifs is 2. The van der Waals surface area contributed by atoms with Crippen LogP contribution in [0.2, 0.25) is 0 Å². The highest BCUT2D eigenvalue weighted by atomic mass is 31.2. The number of carbonyl (C=O) groups is 1. The lowest BCUT2D eigenvalue weighted by Crippen LogP contribution is -2.48. The molecule has 2 fully saturated rings. The van der Waals surface area contributed by atoms with E-state index in [1.807, 2.05) is 0 Å². The second-order valence-corrected chi connectivity index (χ2v) is 10.6. The standard InChI is InChI=1S/C21H28FN6O6P/c1-8-21(22)16-14(9-31-35(30,34-16)26-12(4)19(29)32-11(2)3)33-20(21)28-10-23-15-17(27(6)7)24-13(5)25-18(15)28/h1,10-12,14,16,20H,9H2,2-7H3,(H,26,30)/t12-,14+,16+,20+,21+,35?/m0/s1. The molecule has 35 heavy (non-hydrogen) atoms. The Morgan fingerprint density at radius 2 is 2.14 bits per heavy atom. The molecule has 1 unspecified atom stereocenters. The van der Waals surface area contributed by atoms with Crippen molar-refractivity contribution in [1.29, 1.82) is 0 Å². The maximum atomic E-state index is 16.4. The number of hydrogen-bond donors (Lipinski definition) is 1. The average molecular weight is 510 g/mol. The molecule has 190 valence electrons. The van der Waals surface area contributed by atoms with Crippen molar-refractivity contribution < 1.29 is 32.3 Å². The summed E-state index contributed by atoms with van der Waals surface area (Å²) in [6.45, 7) is 6.21. The lowest BCUT2D eigenvalue weighted by molar-refractivity contribution is -0.149. The van der Waals surface area contributed by atoms with E-state index in [9.17, 15) is 9.36 Å². The summed E-state index contributed by atoms with van der Waals surface area (Å²) < 4.78 is 53.0. The van der Waals surface area contributed by atoms with Crippen molar-refractivity contribution >= 4 is 30.7 Å². The maximum Gasteiger partial charge on any atom is 0.406 e. The van der Waals surface area contributed by atoms with Crippen molar-refractivity contribution in [3.05, 3.63) is 12.2 Å². The summed E-state index contributed by atoms with van der Waals surface area (Å²) in [5.74, 6) is 2.44. The summed E-state index contributed by atoms with van der Waals surface area (Å²) in [4.78, 5) is 27.0. The van der Waals surface area contributed by atoms with Crippen LogP contribution in [-0.2, 0) is 27.9 Å². The quantitative estimate of drug-likeness (QED) is 0.347. The molecule has 2 aromatic heterocycles. The Kier molecular flexibility index (Phi) is 6.63. The Labute approximate surface area is 202 Å². The number of terminal acetylenes is 1. The monoisotopic (exact) mass is 510 g/mol. The van der Waals surface area contributed by atoms with Crippen molar-refractivity contribution in [2.75, 3.05) is 25.6 Å². The van der Waals surface area contributed by atoms with E-state index in [4.69, 9.17) is 24.9 Å². The summed E-state index contributed by atoms with van der Waals surface area (Å²) in [6, 6.07) is -1.04. The molecule has 6 atom stereocenters. The Morgan fingerprint density at radius 1 is 1.43 bits per heavy atom. The fraction of sp³-hybridized carbons (Fsp3) is 0.619. The van der Waals surface area contributed by atoms with Gasteiger partial charge in [-0.05, 0) is 27.7 Å². The van der Waals surface area contributed by atoms with Gasteiger partial charge in [0, 0.05) is 14.1 Å². The zero-order valence-electron chi connectivity index (χ0n) is 20.3. The van der Waals surface area contributed by atoms with Gasteiger partial charge in [-0.15, -0.1) is 6.42 Å². The van der Waals surface area contributed by atoms with Gasteiger partial charge in [0.25, 0.3) is 0 Å². The number of carbonyl (C=O) groups excluding carboxylic acids is 1. The lowest BCUT2D eigenvalue weighted by Gasteiger charge is -2.34. The first-order valence-corrected chi connectivity index (χ1v) is 12.5. The minimum absolute atomic E-state index is 0.283. The van der Waals surface area contributed by atoms with Crippen LogP contribution in [0.5, 0.6) is 0 Å². The number of halogens is 1. The summed E-state index contributed by atoms with van der Waals surface area (Å²) in [7, 11) is -0.532. The number of anilines is 1. The number of imidazole rings is 1. The fourth-order valence-electron chi connectivity index (χ4n) is 3.97. The van der Waals surface area contributed by atoms with E-state index in [1.165, 1.54) is 17.8 Å². The Morgan fingerprint density at radius 3 is 2.77 bits per heavy atom. The van der Waals surface area contributed by atoms with Gasteiger partial charge < -0.3 is 14.4 Å². The molecule has 2 aromatic rings. The molecule has 14 heteroatoms. The van der Waals surface area contributed by atoms with Gasteiger partial charge in [-0.1, -0.05) is 5.92 Å². The van der Waals surface area contributed by atoms with Crippen molar-refractivity contribution in [3.8, 4) is 12.3 Å². The third-order valence-corrected chi connectivity index (χ3v) is 7.24. The van der Waals surface area contributed by atoms with Gasteiger partial charge in [0.05, 0.1) is 19.0 Å². The molecular weight excluding hydrogens is 482 g/mol. The Hall–Kier alpha value is -2.62. The number of alkyl halides is 1. The van der Waals surface area contributed by atoms with E-state index in [0.29, 0.717) is 22.8 Å². The third-order valence-electron chi connectivity index (χ3n) is 5.55. The van der Waals surface area contributed by atoms with Crippen molar-refractivity contribution in [2.45, 2.75) is 63.9 Å². The Bertz CT molecular complexity index is 1230. The molecule has 0 saturated carbocycles. The highest BCUT2D eigenvalue weighted by molar-refractivity contribution is 7.51. The molecule has 4 heterocycles. The second kappa shape index (κ2) is 9.11. The van der Waals surface area contributed by atoms with Crippen LogP contribution in [0.3, 0.4) is 0 Å². The number of aromatic nitrogens is 4. The van der Waals surface area contributed by atoms with E-state index >= 15 is 4.39 Å². The molecule has 4 rings (SSSR count). The van der Waals surface area contributed by atoms with Crippen LogP contribution >= 0.6 is 7.75 Å². The van der Waals surface area contributed by atoms with E-state index in [0.717, 1.165) is 0 Å². The predicted octanol–water partition coefficient (Wildman–Crippen LogP) is 1.89. The van der Waals surface area contributed by atoms with E-state index in [1.54, 1.807) is 39.8 Å². The number of hydrogen-bond acceptors (Lipinski definition) is 10. The maximum absolute atomic E-state index is 16.4. The van der Waals surface area contributed by atoms with Crippen LogP contribution in [0, 0.1) is 19.3 Å². The van der Waals surface area contributed by atoms with Crippen LogP contribution in [0.1, 0.15) is 32.8 Å². The van der Waals surface area contributed by atoms with Crippen molar-refractivity contribution in [2.24, 2.45) is 0 Å². The average Bonchev–Trinajstić information content (AvgIpc) is 3.31. The van der Waals surface area contributed by atoms with Gasteiger partial charge in [0.15, 0.2) is 23.2 Å². The van der Waals surface area contributed by atoms with Crippen LogP contribution in [0.4, 0.5) is 10.2 Å². The minimum Gasteiger partial charge on any atom is -0.462 e. The van der Waals surface area contributed by atoms with Gasteiger partial charge in [-0.2, -0.15) is 0 Å². The topological polar surface area (TPSA) is 130 Å². The SMILES string of the molecule is C#C[C@@]1(F)[C@@H]2OP(=O)(N[C@@H](C)C(=O)OC(C)C)OC[C@H]2O[C@H]1n1cnc2c(N(C)C)nc(C)nc21. The number of nitrogens with zero attached hydrogens (tertiary/aromatic N) is 5. The summed E-state index contributed by atoms with van der Waals surface area (Å²) in [6.07, 6.45) is 2.80. The van der Waals surface area contributed by atoms with Gasteiger partial charge >= 0.3 is 13.7 Å². The van der Waals surface area contributed by atoms with Crippen molar-refractivity contribution in [3.63, 3.8) is 0 Å². The van der Waals surface area contributed by atoms with Crippen LogP contribution in [0.15, 0.2) is 6.33 Å². The molecule has 1 N–H and O–H groups in total. The molecular formula is C21H28FN6O6P. The first kappa shape index (κ1) is 25.5. The lowest BCUT2D eigenvalue weighted by atomic mass is 9.97. The number of aryl methyl sites for hydroxylation is 1. The number of esters is 1. The van der Waals surface area contributed by atoms with Gasteiger partial charge in [-0.3, -0.25) is 18.4 Å². The molecule has 0 amide bonds. The predicted molar refractivity (Wildman–Crippen MR) is 123 cm³/mol. The number of nitrogens with one attached hydrogen (secondary N) is 1. The zero-order valence-corrected chi connectivity index (χ0v) is 21.2. The van der Waals surface area contributed by atoms with Gasteiger partial charge in [0.1, 0.15) is 24.1 Å². The molecule has 0 radical (unpaired) electrons. The highest BCUT2D eigenvalue weighted by Crippen LogP contribution is 2.57. The summed E-state index contributed by atoms with van der Waals surface area (Å²) in [5, 5.41) is 2.48. The molecule has 2 saturated heterocycles. The molecule has 2 aliphatic heterocycles. The molecule has 0 bridgehead atoms. The molecule has 0 aliphatic carbocycles. The summed E-state index contributed by atoms with van der Waals surface area (Å²) in [5.41, 5.74) is -1.81. The normalized spacial score (nSPS) is 31.2. The zero-order chi connectivity index (χ0) is 25.7. The molecule has 0 aromatic carbocycles. The molecule has 12 nitrogen and oxygen atoms in total. The van der Waals surface area contributed by atoms with E-state index in [-0.39, 0.29) is 12.7 Å². The minimum atomic E-state index is -4.13. The van der Waals surface area contributed by atoms with E-state index in [2.05, 4.69) is 26.0 Å². The van der Waals surface area contributed by atoms with E-state index < -0.39 is 43.9 Å². The fourth-order valence-corrected chi connectivity index (χ4v) is 5.68. The van der Waals surface area contributed by atoms with Gasteiger partial charge in [-0.25, -0.2) is 29.0 Å². The first-order chi connectivity index (χ1) is 16.4. The molecule has 2 aliphatic rings. The Balaban J connectivity index is 1.64. The van der Waals surface area contributed by atoms with Crippen LogP contribution in [0.25, 0.3) is 11.2 Å². The van der Waals surface area contributed by atoms with Crippen LogP contribution in [-0.4, -0.2) is 76.2 Å². The van der Waals surface area contributed by atoms with Crippen molar-refractivity contribution in [1.82, 2.24) is 24.6 Å². The van der Waals surface area contributed by atoms with Gasteiger partial charge in [0.2, 0.25) is 5.67 Å². The smallest absolute Gasteiger partial charge is 0.406 e. The summed E-state index contributed by atoms with van der Waals surface area (Å²) >= 11 is 0. The third kappa shape index (κ3) is 4.52. The molecule has 0 spiro atoms. The number of rotatable bonds is 6. The van der Waals surface area contributed by atoms with Crippen LogP contribution < -0.4 is 9.99 Å². The largest absolute Gasteiger partial charge is 0.462 e. The first-order valence-electron chi connectivity index (χ1n) is 11.0. The second-order valence-electron chi connectivity index (χ2n) is 8.91. The highest BCUT2D eigenvalue weighted by Gasteiger charge is 2.63. The number of ether oxygens (including phenoxy) is 2.